The van der Waals surface area contributed by atoms with Crippen LogP contribution in [0.3, 0.4) is 0 Å². The Kier molecular flexibility index (Phi) is 5.60. The first-order chi connectivity index (χ1) is 12.1. The van der Waals surface area contributed by atoms with Crippen LogP contribution in [0.4, 0.5) is 10.1 Å². The summed E-state index contributed by atoms with van der Waals surface area (Å²) in [6.07, 6.45) is 3.03. The van der Waals surface area contributed by atoms with Crippen LogP contribution in [0, 0.1) is 12.7 Å². The third-order valence-electron chi connectivity index (χ3n) is 4.09. The average Bonchev–Trinajstić information content (AvgIpc) is 2.56. The highest BCUT2D eigenvalue weighted by atomic mass is 19.1. The molecule has 0 saturated heterocycles. The van der Waals surface area contributed by atoms with Crippen molar-refractivity contribution in [3.8, 4) is 0 Å². The number of amides is 2. The molecule has 2 aromatic rings. The van der Waals surface area contributed by atoms with Gasteiger partial charge in [-0.25, -0.2) is 4.39 Å². The van der Waals surface area contributed by atoms with E-state index in [0.29, 0.717) is 0 Å². The predicted molar refractivity (Wildman–Crippen MR) is 102 cm³/mol. The molecule has 2 rings (SSSR count). The standard InChI is InChI=1S/C21H23FN2O2/c1-13-17(22)11-15(20(23)26)12-18(13)24-19(25)10-7-14-5-8-16(9-6-14)21(2,3)4/h5-12H,1-4H3,(H2,23,26)(H,24,25). The summed E-state index contributed by atoms with van der Waals surface area (Å²) in [5.41, 5.74) is 7.78. The zero-order valence-electron chi connectivity index (χ0n) is 15.4. The molecule has 26 heavy (non-hydrogen) atoms. The van der Waals surface area contributed by atoms with Gasteiger partial charge in [0.15, 0.2) is 0 Å². The Labute approximate surface area is 152 Å². The first-order valence-electron chi connectivity index (χ1n) is 8.27. The van der Waals surface area contributed by atoms with Crippen LogP contribution in [0.2, 0.25) is 0 Å². The topological polar surface area (TPSA) is 72.2 Å². The van der Waals surface area contributed by atoms with E-state index in [4.69, 9.17) is 5.73 Å². The number of carbonyl (C=O) groups excluding carboxylic acids is 2. The quantitative estimate of drug-likeness (QED) is 0.809. The molecule has 0 spiro atoms. The van der Waals surface area contributed by atoms with E-state index in [1.54, 1.807) is 6.08 Å². The van der Waals surface area contributed by atoms with Crippen molar-refractivity contribution in [2.24, 2.45) is 5.73 Å². The van der Waals surface area contributed by atoms with Crippen LogP contribution in [0.25, 0.3) is 6.08 Å². The number of nitrogens with two attached hydrogens (primary N) is 1. The Balaban J connectivity index is 2.14. The van der Waals surface area contributed by atoms with Crippen LogP contribution >= 0.6 is 0 Å². The van der Waals surface area contributed by atoms with Crippen LogP contribution in [-0.2, 0) is 10.2 Å². The summed E-state index contributed by atoms with van der Waals surface area (Å²) in [4.78, 5) is 23.4. The molecule has 0 fully saturated rings. The van der Waals surface area contributed by atoms with Crippen LogP contribution in [0.15, 0.2) is 42.5 Å². The molecule has 4 nitrogen and oxygen atoms in total. The summed E-state index contributed by atoms with van der Waals surface area (Å²) < 4.78 is 13.9. The lowest BCUT2D eigenvalue weighted by molar-refractivity contribution is -0.111. The molecule has 0 aliphatic rings. The maximum atomic E-state index is 13.9. The van der Waals surface area contributed by atoms with Crippen LogP contribution in [0.1, 0.15) is 47.8 Å². The normalized spacial score (nSPS) is 11.6. The lowest BCUT2D eigenvalue weighted by atomic mass is 9.87. The summed E-state index contributed by atoms with van der Waals surface area (Å²) >= 11 is 0. The fourth-order valence-electron chi connectivity index (χ4n) is 2.39. The predicted octanol–water partition coefficient (Wildman–Crippen LogP) is 4.18. The molecule has 0 bridgehead atoms. The highest BCUT2D eigenvalue weighted by Crippen LogP contribution is 2.23. The van der Waals surface area contributed by atoms with Crippen molar-refractivity contribution >= 4 is 23.6 Å². The molecule has 3 N–H and O–H groups in total. The van der Waals surface area contributed by atoms with E-state index in [9.17, 15) is 14.0 Å². The first-order valence-corrected chi connectivity index (χ1v) is 8.27. The van der Waals surface area contributed by atoms with E-state index in [-0.39, 0.29) is 22.2 Å². The smallest absolute Gasteiger partial charge is 0.248 e. The third-order valence-corrected chi connectivity index (χ3v) is 4.09. The van der Waals surface area contributed by atoms with Gasteiger partial charge in [-0.1, -0.05) is 45.0 Å². The minimum atomic E-state index is -0.756. The molecule has 0 aliphatic heterocycles. The monoisotopic (exact) mass is 354 g/mol. The van der Waals surface area contributed by atoms with Crippen molar-refractivity contribution in [1.82, 2.24) is 0 Å². The molecule has 0 aromatic heterocycles. The number of nitrogens with one attached hydrogen (secondary N) is 1. The van der Waals surface area contributed by atoms with Crippen LogP contribution in [0.5, 0.6) is 0 Å². The Morgan fingerprint density at radius 1 is 1.12 bits per heavy atom. The third kappa shape index (κ3) is 4.79. The zero-order chi connectivity index (χ0) is 19.5. The molecule has 0 unspecified atom stereocenters. The SMILES string of the molecule is Cc1c(F)cc(C(N)=O)cc1NC(=O)C=Cc1ccc(C(C)(C)C)cc1. The van der Waals surface area contributed by atoms with Gasteiger partial charge in [0.1, 0.15) is 5.82 Å². The number of hydrogen-bond acceptors (Lipinski definition) is 2. The van der Waals surface area contributed by atoms with Crippen molar-refractivity contribution in [2.45, 2.75) is 33.1 Å². The molecule has 0 aliphatic carbocycles. The van der Waals surface area contributed by atoms with Crippen molar-refractivity contribution in [3.63, 3.8) is 0 Å². The van der Waals surface area contributed by atoms with E-state index in [2.05, 4.69) is 26.1 Å². The second-order valence-corrected chi connectivity index (χ2v) is 7.19. The summed E-state index contributed by atoms with van der Waals surface area (Å²) in [6.45, 7) is 7.91. The molecule has 5 heteroatoms. The van der Waals surface area contributed by atoms with Gasteiger partial charge in [0.2, 0.25) is 11.8 Å². The summed E-state index contributed by atoms with van der Waals surface area (Å²) in [5.74, 6) is -1.78. The van der Waals surface area contributed by atoms with Gasteiger partial charge in [-0.3, -0.25) is 9.59 Å². The number of halogens is 1. The first kappa shape index (κ1) is 19.4. The van der Waals surface area contributed by atoms with Crippen molar-refractivity contribution in [2.75, 3.05) is 5.32 Å². The Bertz CT molecular complexity index is 863. The number of rotatable bonds is 4. The van der Waals surface area contributed by atoms with Gasteiger partial charge in [-0.05, 0) is 41.7 Å². The molecule has 0 radical (unpaired) electrons. The molecule has 136 valence electrons. The van der Waals surface area contributed by atoms with Crippen molar-refractivity contribution in [3.05, 3.63) is 70.5 Å². The van der Waals surface area contributed by atoms with E-state index < -0.39 is 17.6 Å². The summed E-state index contributed by atoms with van der Waals surface area (Å²) in [5, 5.41) is 2.58. The molecule has 0 heterocycles. The van der Waals surface area contributed by atoms with Crippen molar-refractivity contribution in [1.29, 1.82) is 0 Å². The maximum Gasteiger partial charge on any atom is 0.248 e. The van der Waals surface area contributed by atoms with Gasteiger partial charge in [0.25, 0.3) is 0 Å². The summed E-state index contributed by atoms with van der Waals surface area (Å²) in [6, 6.07) is 10.3. The van der Waals surface area contributed by atoms with Crippen LogP contribution in [-0.4, -0.2) is 11.8 Å². The summed E-state index contributed by atoms with van der Waals surface area (Å²) in [7, 11) is 0. The van der Waals surface area contributed by atoms with E-state index in [1.807, 2.05) is 24.3 Å². The van der Waals surface area contributed by atoms with E-state index in [0.717, 1.165) is 11.6 Å². The lowest BCUT2D eigenvalue weighted by Gasteiger charge is -2.18. The van der Waals surface area contributed by atoms with E-state index >= 15 is 0 Å². The molecular formula is C21H23FN2O2. The zero-order valence-corrected chi connectivity index (χ0v) is 15.4. The van der Waals surface area contributed by atoms with Gasteiger partial charge >= 0.3 is 0 Å². The number of primary amides is 1. The lowest BCUT2D eigenvalue weighted by Crippen LogP contribution is -2.15. The minimum absolute atomic E-state index is 0.00477. The molecule has 0 atom stereocenters. The molecular weight excluding hydrogens is 331 g/mol. The second kappa shape index (κ2) is 7.52. The number of hydrogen-bond donors (Lipinski definition) is 2. The Morgan fingerprint density at radius 2 is 1.73 bits per heavy atom. The Hall–Kier alpha value is -2.95. The van der Waals surface area contributed by atoms with Gasteiger partial charge in [-0.2, -0.15) is 0 Å². The van der Waals surface area contributed by atoms with Crippen molar-refractivity contribution < 1.29 is 14.0 Å². The van der Waals surface area contributed by atoms with Gasteiger partial charge in [0.05, 0.1) is 0 Å². The maximum absolute atomic E-state index is 13.9. The fraction of sp³-hybridized carbons (Fsp3) is 0.238. The highest BCUT2D eigenvalue weighted by Gasteiger charge is 2.13. The molecule has 2 aromatic carbocycles. The molecule has 2 amide bonds. The average molecular weight is 354 g/mol. The largest absolute Gasteiger partial charge is 0.366 e. The van der Waals surface area contributed by atoms with E-state index in [1.165, 1.54) is 24.6 Å². The highest BCUT2D eigenvalue weighted by molar-refractivity contribution is 6.03. The van der Waals surface area contributed by atoms with Crippen LogP contribution < -0.4 is 11.1 Å². The second-order valence-electron chi connectivity index (χ2n) is 7.19. The number of benzene rings is 2. The number of anilines is 1. The van der Waals surface area contributed by atoms with Gasteiger partial charge in [0, 0.05) is 22.9 Å². The van der Waals surface area contributed by atoms with Gasteiger partial charge in [-0.15, -0.1) is 0 Å². The molecule has 0 saturated carbocycles. The Morgan fingerprint density at radius 3 is 2.27 bits per heavy atom. The van der Waals surface area contributed by atoms with Gasteiger partial charge < -0.3 is 11.1 Å². The minimum Gasteiger partial charge on any atom is -0.366 e. The number of carbonyl (C=O) groups is 2. The fourth-order valence-corrected chi connectivity index (χ4v) is 2.39.